The average Bonchev–Trinajstić information content (AvgIpc) is 3.60. The summed E-state index contributed by atoms with van der Waals surface area (Å²) in [6, 6.07) is 1.24. The zero-order chi connectivity index (χ0) is 52.2. The van der Waals surface area contributed by atoms with Crippen LogP contribution >= 0.6 is 15.6 Å². The van der Waals surface area contributed by atoms with E-state index in [0.717, 1.165) is 62.1 Å². The molecule has 2 heterocycles. The number of nitrogens with two attached hydrogens (primary N) is 1. The van der Waals surface area contributed by atoms with E-state index in [9.17, 15) is 48.6 Å². The molecule has 0 aromatic carbocycles. The number of aromatic nitrogens is 2. The molecular weight excluding hydrogens is 961 g/mol. The minimum atomic E-state index is -5.45. The first kappa shape index (κ1) is 63.3. The minimum Gasteiger partial charge on any atom is -0.462 e. The SMILES string of the molecule is CC/C=C\C(O)C/C=C/C=C\C/C=C\C/C=C\CCCC(=O)OC[C@H](COP(=O)(O)OP(=O)(O)OC[C@H]1O[C@@H](n2ccc(N)nc2=O)[C@H](O)[C@@H]1O)OC(=O)CCCCCCC/C=C\CCCCCCCC. The molecule has 0 radical (unpaired) electrons. The van der Waals surface area contributed by atoms with E-state index in [1.807, 2.05) is 61.6 Å². The average molecular weight is 1040 g/mol. The predicted molar refractivity (Wildman–Crippen MR) is 271 cm³/mol. The molecule has 1 aromatic heterocycles. The van der Waals surface area contributed by atoms with E-state index in [4.69, 9.17) is 29.0 Å². The molecule has 0 saturated carbocycles. The largest absolute Gasteiger partial charge is 0.481 e. The van der Waals surface area contributed by atoms with Crippen molar-refractivity contribution in [1.29, 1.82) is 0 Å². The van der Waals surface area contributed by atoms with Crippen LogP contribution in [0.5, 0.6) is 0 Å². The minimum absolute atomic E-state index is 0.0163. The van der Waals surface area contributed by atoms with Crippen LogP contribution in [-0.4, -0.2) is 96.9 Å². The standard InChI is InChI=1S/C50H81N3O16P2/c1-3-5-7-8-9-10-11-12-13-14-19-22-25-28-31-35-46(56)67-42(38-64-45(55)34-30-27-24-21-18-16-15-17-20-23-26-29-33-41(54)32-6-4-2)39-65-70(60,61)69-71(62,63)66-40-43-47(57)48(58)49(68-43)53-37-36-44(51)52-50(53)59/h6,12-13,15-16,20-21,23-24,26,29,32,36-37,41-43,47-49,54,57-58H,3-5,7-11,14,17-19,22,25,27-28,30-31,33-35,38-40H2,1-2H3,(H,60,61)(H,62,63)(H2,51,52,59)/b13-12-,16-15-,23-20-,24-21-,29-26+,32-6-/t41?,42-,43-,47-,48-,49-/m1/s1. The summed E-state index contributed by atoms with van der Waals surface area (Å²) >= 11 is 0. The fourth-order valence-electron chi connectivity index (χ4n) is 6.95. The topological polar surface area (TPSA) is 286 Å². The monoisotopic (exact) mass is 1040 g/mol. The molecule has 0 spiro atoms. The van der Waals surface area contributed by atoms with E-state index >= 15 is 0 Å². The number of hydrogen-bond acceptors (Lipinski definition) is 16. The first-order valence-electron chi connectivity index (χ1n) is 25.1. The highest BCUT2D eigenvalue weighted by Crippen LogP contribution is 2.60. The third-order valence-electron chi connectivity index (χ3n) is 10.8. The lowest BCUT2D eigenvalue weighted by atomic mass is 10.1. The first-order valence-corrected chi connectivity index (χ1v) is 28.0. The quantitative estimate of drug-likeness (QED) is 0.0117. The summed E-state index contributed by atoms with van der Waals surface area (Å²) in [4.78, 5) is 61.8. The Morgan fingerprint density at radius 3 is 2.04 bits per heavy atom. The van der Waals surface area contributed by atoms with E-state index in [2.05, 4.69) is 28.4 Å². The van der Waals surface area contributed by atoms with Gasteiger partial charge in [0.05, 0.1) is 19.3 Å². The lowest BCUT2D eigenvalue weighted by molar-refractivity contribution is -0.161. The number of phosphoric ester groups is 2. The molecule has 0 bridgehead atoms. The summed E-state index contributed by atoms with van der Waals surface area (Å²) < 4.78 is 56.6. The van der Waals surface area contributed by atoms with Crippen LogP contribution in [-0.2, 0) is 46.3 Å². The fourth-order valence-corrected chi connectivity index (χ4v) is 9.06. The van der Waals surface area contributed by atoms with Gasteiger partial charge < -0.3 is 45.1 Å². The molecular formula is C50H81N3O16P2. The molecule has 7 N–H and O–H groups in total. The first-order chi connectivity index (χ1) is 34.1. The number of nitrogen functional groups attached to an aromatic ring is 1. The second kappa shape index (κ2) is 37.8. The number of unbranched alkanes of at least 4 members (excludes halogenated alkanes) is 12. The van der Waals surface area contributed by atoms with E-state index < -0.39 is 89.8 Å². The van der Waals surface area contributed by atoms with Crippen molar-refractivity contribution in [3.05, 3.63) is 95.7 Å². The van der Waals surface area contributed by atoms with Crippen LogP contribution in [0, 0.1) is 0 Å². The van der Waals surface area contributed by atoms with Gasteiger partial charge in [0.15, 0.2) is 12.3 Å². The summed E-state index contributed by atoms with van der Waals surface area (Å²) in [6.07, 6.45) is 34.7. The molecule has 402 valence electrons. The number of carbonyl (C=O) groups excluding carboxylic acids is 2. The number of nitrogens with zero attached hydrogens (tertiary/aromatic N) is 2. The number of phosphoric acid groups is 2. The molecule has 21 heteroatoms. The van der Waals surface area contributed by atoms with Crippen molar-refractivity contribution in [2.75, 3.05) is 25.6 Å². The Balaban J connectivity index is 1.84. The van der Waals surface area contributed by atoms with Gasteiger partial charge >= 0.3 is 33.3 Å². The number of aliphatic hydroxyl groups excluding tert-OH is 3. The summed E-state index contributed by atoms with van der Waals surface area (Å²) in [5.41, 5.74) is 4.58. The highest BCUT2D eigenvalue weighted by Gasteiger charge is 2.46. The lowest BCUT2D eigenvalue weighted by Crippen LogP contribution is -2.36. The molecule has 1 aromatic rings. The van der Waals surface area contributed by atoms with Gasteiger partial charge in [-0.3, -0.25) is 23.2 Å². The van der Waals surface area contributed by atoms with Crippen LogP contribution in [0.25, 0.3) is 0 Å². The van der Waals surface area contributed by atoms with Crippen LogP contribution in [0.2, 0.25) is 0 Å². The van der Waals surface area contributed by atoms with Gasteiger partial charge in [0.25, 0.3) is 0 Å². The van der Waals surface area contributed by atoms with Crippen molar-refractivity contribution in [2.24, 2.45) is 0 Å². The fraction of sp³-hybridized carbons (Fsp3) is 0.640. The summed E-state index contributed by atoms with van der Waals surface area (Å²) in [5.74, 6) is -1.41. The Kier molecular flexibility index (Phi) is 33.7. The van der Waals surface area contributed by atoms with Gasteiger partial charge in [-0.05, 0) is 76.7 Å². The molecule has 3 unspecified atom stereocenters. The normalized spacial score (nSPS) is 20.2. The second-order valence-electron chi connectivity index (χ2n) is 17.1. The number of allylic oxidation sites excluding steroid dienone is 10. The van der Waals surface area contributed by atoms with Crippen LogP contribution in [0.4, 0.5) is 5.82 Å². The molecule has 8 atom stereocenters. The van der Waals surface area contributed by atoms with Crippen molar-refractivity contribution in [3.8, 4) is 0 Å². The molecule has 0 aliphatic carbocycles. The lowest BCUT2D eigenvalue weighted by Gasteiger charge is -2.21. The van der Waals surface area contributed by atoms with Gasteiger partial charge in [-0.15, -0.1) is 0 Å². The maximum atomic E-state index is 12.8. The maximum Gasteiger partial charge on any atom is 0.481 e. The third kappa shape index (κ3) is 30.7. The van der Waals surface area contributed by atoms with Crippen molar-refractivity contribution in [3.63, 3.8) is 0 Å². The van der Waals surface area contributed by atoms with Gasteiger partial charge in [-0.1, -0.05) is 138 Å². The number of ether oxygens (including phenoxy) is 3. The van der Waals surface area contributed by atoms with Crippen molar-refractivity contribution >= 4 is 33.4 Å². The third-order valence-corrected chi connectivity index (χ3v) is 13.5. The molecule has 1 saturated heterocycles. The Hall–Kier alpha value is -3.84. The molecule has 0 amide bonds. The highest BCUT2D eigenvalue weighted by molar-refractivity contribution is 7.61. The zero-order valence-corrected chi connectivity index (χ0v) is 43.4. The summed E-state index contributed by atoms with van der Waals surface area (Å²) in [6.45, 7) is 1.83. The number of anilines is 1. The number of esters is 2. The van der Waals surface area contributed by atoms with Gasteiger partial charge in [0.1, 0.15) is 30.7 Å². The van der Waals surface area contributed by atoms with E-state index in [0.29, 0.717) is 32.1 Å². The molecule has 1 aliphatic rings. The predicted octanol–water partition coefficient (Wildman–Crippen LogP) is 9.08. The van der Waals surface area contributed by atoms with E-state index in [1.54, 1.807) is 6.08 Å². The Labute approximate surface area is 419 Å². The Morgan fingerprint density at radius 1 is 0.761 bits per heavy atom. The van der Waals surface area contributed by atoms with Crippen molar-refractivity contribution in [2.45, 2.75) is 185 Å². The van der Waals surface area contributed by atoms with Gasteiger partial charge in [0.2, 0.25) is 0 Å². The molecule has 1 aliphatic heterocycles. The van der Waals surface area contributed by atoms with E-state index in [-0.39, 0.29) is 18.7 Å². The van der Waals surface area contributed by atoms with Crippen LogP contribution in [0.1, 0.15) is 155 Å². The van der Waals surface area contributed by atoms with Crippen LogP contribution in [0.15, 0.2) is 90.0 Å². The second-order valence-corrected chi connectivity index (χ2v) is 20.2. The molecule has 1 fully saturated rings. The van der Waals surface area contributed by atoms with Crippen LogP contribution < -0.4 is 11.4 Å². The number of rotatable bonds is 40. The molecule has 19 nitrogen and oxygen atoms in total. The van der Waals surface area contributed by atoms with Crippen molar-refractivity contribution < 1.29 is 71.4 Å². The van der Waals surface area contributed by atoms with Gasteiger partial charge in [-0.25, -0.2) is 13.9 Å². The summed E-state index contributed by atoms with van der Waals surface area (Å²) in [5, 5.41) is 30.7. The number of aliphatic hydroxyl groups is 3. The van der Waals surface area contributed by atoms with E-state index in [1.165, 1.54) is 44.6 Å². The zero-order valence-electron chi connectivity index (χ0n) is 41.6. The van der Waals surface area contributed by atoms with Gasteiger partial charge in [-0.2, -0.15) is 9.29 Å². The Bertz CT molecular complexity index is 1990. The molecule has 2 rings (SSSR count). The number of carbonyl (C=O) groups is 2. The Morgan fingerprint density at radius 2 is 1.35 bits per heavy atom. The van der Waals surface area contributed by atoms with Crippen LogP contribution in [0.3, 0.4) is 0 Å². The summed E-state index contributed by atoms with van der Waals surface area (Å²) in [7, 11) is -10.9. The maximum absolute atomic E-state index is 12.8. The highest BCUT2D eigenvalue weighted by atomic mass is 31.3. The van der Waals surface area contributed by atoms with Crippen molar-refractivity contribution in [1.82, 2.24) is 9.55 Å². The smallest absolute Gasteiger partial charge is 0.462 e. The molecule has 71 heavy (non-hydrogen) atoms. The number of hydrogen-bond donors (Lipinski definition) is 6. The van der Waals surface area contributed by atoms with Gasteiger partial charge in [0, 0.05) is 19.0 Å².